The van der Waals surface area contributed by atoms with Crippen LogP contribution in [0.5, 0.6) is 0 Å². The van der Waals surface area contributed by atoms with Crippen LogP contribution in [0.15, 0.2) is 0 Å². The van der Waals surface area contributed by atoms with Crippen LogP contribution in [0.25, 0.3) is 0 Å². The molecule has 0 heterocycles. The van der Waals surface area contributed by atoms with Crippen molar-refractivity contribution in [2.24, 2.45) is 5.73 Å². The molecular weight excluding hydrogens is 182 g/mol. The molecule has 0 spiro atoms. The van der Waals surface area contributed by atoms with Gasteiger partial charge in [-0.3, -0.25) is 9.59 Å². The Morgan fingerprint density at radius 3 is 2.36 bits per heavy atom. The first-order valence-electron chi connectivity index (χ1n) is 4.61. The minimum atomic E-state index is -0.347. The summed E-state index contributed by atoms with van der Waals surface area (Å²) in [5.41, 5.74) is 4.73. The molecule has 2 amide bonds. The molecule has 82 valence electrons. The molecule has 0 unspecified atom stereocenters. The van der Waals surface area contributed by atoms with Crippen LogP contribution in [0.2, 0.25) is 0 Å². The van der Waals surface area contributed by atoms with Crippen molar-refractivity contribution in [1.29, 1.82) is 0 Å². The number of hydrogen-bond donors (Lipinski definition) is 3. The number of hydrogen-bond acceptors (Lipinski definition) is 3. The highest BCUT2D eigenvalue weighted by molar-refractivity contribution is 5.76. The molecule has 0 fully saturated rings. The van der Waals surface area contributed by atoms with Crippen molar-refractivity contribution >= 4 is 11.8 Å². The second kappa shape index (κ2) is 5.59. The summed E-state index contributed by atoms with van der Waals surface area (Å²) in [5.74, 6) is -0.366. The molecule has 5 heteroatoms. The van der Waals surface area contributed by atoms with Gasteiger partial charge >= 0.3 is 0 Å². The Hall–Kier alpha value is -1.10. The lowest BCUT2D eigenvalue weighted by Gasteiger charge is -2.24. The fourth-order valence-corrected chi connectivity index (χ4v) is 1.14. The molecule has 0 aromatic heterocycles. The van der Waals surface area contributed by atoms with Gasteiger partial charge in [-0.05, 0) is 13.8 Å². The topological polar surface area (TPSA) is 84.2 Å². The van der Waals surface area contributed by atoms with Crippen LogP contribution >= 0.6 is 0 Å². The van der Waals surface area contributed by atoms with E-state index in [0.29, 0.717) is 13.0 Å². The highest BCUT2D eigenvalue weighted by Crippen LogP contribution is 2.06. The third kappa shape index (κ3) is 6.42. The van der Waals surface area contributed by atoms with Gasteiger partial charge in [-0.15, -0.1) is 0 Å². The Kier molecular flexibility index (Phi) is 5.15. The summed E-state index contributed by atoms with van der Waals surface area (Å²) < 4.78 is 0. The normalized spacial score (nSPS) is 11.1. The molecule has 0 saturated carbocycles. The summed E-state index contributed by atoms with van der Waals surface area (Å²) in [6, 6.07) is 0. The average molecular weight is 201 g/mol. The van der Waals surface area contributed by atoms with Crippen LogP contribution in [0.3, 0.4) is 0 Å². The Morgan fingerprint density at radius 1 is 1.36 bits per heavy atom. The lowest BCUT2D eigenvalue weighted by Crippen LogP contribution is -2.44. The van der Waals surface area contributed by atoms with Crippen molar-refractivity contribution in [2.75, 3.05) is 13.6 Å². The molecule has 0 aromatic carbocycles. The maximum Gasteiger partial charge on any atom is 0.221 e. The van der Waals surface area contributed by atoms with Gasteiger partial charge in [0, 0.05) is 32.0 Å². The Morgan fingerprint density at radius 2 is 1.93 bits per heavy atom. The fraction of sp³-hybridized carbons (Fsp3) is 0.778. The number of rotatable bonds is 6. The molecule has 14 heavy (non-hydrogen) atoms. The fourth-order valence-electron chi connectivity index (χ4n) is 1.14. The highest BCUT2D eigenvalue weighted by Gasteiger charge is 2.19. The van der Waals surface area contributed by atoms with Crippen molar-refractivity contribution in [1.82, 2.24) is 10.6 Å². The maximum atomic E-state index is 10.9. The molecule has 0 aliphatic carbocycles. The quantitative estimate of drug-likeness (QED) is 0.535. The largest absolute Gasteiger partial charge is 0.370 e. The first-order chi connectivity index (χ1) is 6.37. The van der Waals surface area contributed by atoms with Gasteiger partial charge in [-0.25, -0.2) is 0 Å². The Balaban J connectivity index is 3.76. The van der Waals surface area contributed by atoms with E-state index in [-0.39, 0.29) is 23.8 Å². The van der Waals surface area contributed by atoms with Crippen molar-refractivity contribution in [2.45, 2.75) is 32.2 Å². The number of nitrogens with one attached hydrogen (secondary N) is 2. The predicted molar refractivity (Wildman–Crippen MR) is 54.6 cm³/mol. The molecule has 0 aliphatic rings. The van der Waals surface area contributed by atoms with Crippen LogP contribution in [0.4, 0.5) is 0 Å². The molecule has 0 rings (SSSR count). The number of nitrogens with two attached hydrogens (primary N) is 1. The number of carbonyl (C=O) groups is 2. The molecule has 0 aliphatic heterocycles. The number of primary amides is 1. The Labute approximate surface area is 84.4 Å². The van der Waals surface area contributed by atoms with E-state index in [0.717, 1.165) is 0 Å². The minimum absolute atomic E-state index is 0.0209. The molecule has 0 radical (unpaired) electrons. The zero-order chi connectivity index (χ0) is 11.2. The summed E-state index contributed by atoms with van der Waals surface area (Å²) in [6.07, 6.45) is 0.666. The Bertz CT molecular complexity index is 214. The standard InChI is InChI=1S/C9H19N3O2/c1-9(2,6-7(10)13)12-5-4-8(14)11-3/h12H,4-6H2,1-3H3,(H2,10,13)(H,11,14). The van der Waals surface area contributed by atoms with Crippen LogP contribution < -0.4 is 16.4 Å². The molecule has 0 aromatic rings. The summed E-state index contributed by atoms with van der Waals surface area (Å²) >= 11 is 0. The van der Waals surface area contributed by atoms with Crippen molar-refractivity contribution in [3.8, 4) is 0 Å². The zero-order valence-electron chi connectivity index (χ0n) is 9.02. The van der Waals surface area contributed by atoms with Gasteiger partial charge in [-0.1, -0.05) is 0 Å². The summed E-state index contributed by atoms with van der Waals surface area (Å²) in [5, 5.41) is 5.62. The first-order valence-corrected chi connectivity index (χ1v) is 4.61. The molecule has 0 bridgehead atoms. The zero-order valence-corrected chi connectivity index (χ0v) is 9.02. The number of carbonyl (C=O) groups excluding carboxylic acids is 2. The SMILES string of the molecule is CNC(=O)CCNC(C)(C)CC(N)=O. The van der Waals surface area contributed by atoms with Crippen LogP contribution in [0, 0.1) is 0 Å². The lowest BCUT2D eigenvalue weighted by atomic mass is 10.0. The van der Waals surface area contributed by atoms with E-state index >= 15 is 0 Å². The first kappa shape index (κ1) is 12.9. The van der Waals surface area contributed by atoms with E-state index in [1.165, 1.54) is 0 Å². The van der Waals surface area contributed by atoms with Gasteiger partial charge in [0.1, 0.15) is 0 Å². The van der Waals surface area contributed by atoms with Gasteiger partial charge in [0.2, 0.25) is 11.8 Å². The van der Waals surface area contributed by atoms with Crippen LogP contribution in [0.1, 0.15) is 26.7 Å². The average Bonchev–Trinajstić information content (AvgIpc) is 2.01. The molecule has 0 saturated heterocycles. The van der Waals surface area contributed by atoms with Crippen molar-refractivity contribution < 1.29 is 9.59 Å². The summed E-state index contributed by atoms with van der Waals surface area (Å²) in [6.45, 7) is 4.29. The van der Waals surface area contributed by atoms with E-state index < -0.39 is 0 Å². The highest BCUT2D eigenvalue weighted by atomic mass is 16.1. The molecular formula is C9H19N3O2. The van der Waals surface area contributed by atoms with Crippen LogP contribution in [-0.4, -0.2) is 30.9 Å². The second-order valence-corrected chi connectivity index (χ2v) is 3.88. The van der Waals surface area contributed by atoms with Crippen molar-refractivity contribution in [3.05, 3.63) is 0 Å². The van der Waals surface area contributed by atoms with E-state index in [2.05, 4.69) is 10.6 Å². The maximum absolute atomic E-state index is 10.9. The molecule has 4 N–H and O–H groups in total. The summed E-state index contributed by atoms with van der Waals surface area (Å²) in [4.78, 5) is 21.5. The van der Waals surface area contributed by atoms with Gasteiger partial charge in [0.15, 0.2) is 0 Å². The van der Waals surface area contributed by atoms with Crippen molar-refractivity contribution in [3.63, 3.8) is 0 Å². The third-order valence-corrected chi connectivity index (χ3v) is 1.85. The van der Waals surface area contributed by atoms with Gasteiger partial charge < -0.3 is 16.4 Å². The van der Waals surface area contributed by atoms with E-state index in [9.17, 15) is 9.59 Å². The monoisotopic (exact) mass is 201 g/mol. The molecule has 5 nitrogen and oxygen atoms in total. The predicted octanol–water partition coefficient (Wildman–Crippen LogP) is -0.634. The third-order valence-electron chi connectivity index (χ3n) is 1.85. The van der Waals surface area contributed by atoms with Gasteiger partial charge in [-0.2, -0.15) is 0 Å². The number of amides is 2. The minimum Gasteiger partial charge on any atom is -0.370 e. The summed E-state index contributed by atoms with van der Waals surface area (Å²) in [7, 11) is 1.59. The van der Waals surface area contributed by atoms with Gasteiger partial charge in [0.25, 0.3) is 0 Å². The second-order valence-electron chi connectivity index (χ2n) is 3.88. The smallest absolute Gasteiger partial charge is 0.221 e. The lowest BCUT2D eigenvalue weighted by molar-refractivity contribution is -0.120. The van der Waals surface area contributed by atoms with Gasteiger partial charge in [0.05, 0.1) is 0 Å². The van der Waals surface area contributed by atoms with E-state index in [4.69, 9.17) is 5.73 Å². The van der Waals surface area contributed by atoms with Crippen LogP contribution in [-0.2, 0) is 9.59 Å². The van der Waals surface area contributed by atoms with E-state index in [1.807, 2.05) is 13.8 Å². The van der Waals surface area contributed by atoms with E-state index in [1.54, 1.807) is 7.05 Å². The molecule has 0 atom stereocenters.